The molecule has 7 heteroatoms. The van der Waals surface area contributed by atoms with Crippen molar-refractivity contribution in [3.05, 3.63) is 45.7 Å². The molecule has 2 aromatic heterocycles. The number of rotatable bonds is 4. The molecule has 0 radical (unpaired) electrons. The number of thiazole rings is 1. The van der Waals surface area contributed by atoms with Crippen LogP contribution >= 0.6 is 11.3 Å². The van der Waals surface area contributed by atoms with Crippen LogP contribution in [0.4, 0.5) is 0 Å². The molecule has 98 valence electrons. The Hall–Kier alpha value is -2.28. The van der Waals surface area contributed by atoms with Crippen LogP contribution in [0.15, 0.2) is 24.5 Å². The minimum atomic E-state index is -1.12. The van der Waals surface area contributed by atoms with E-state index in [-0.39, 0.29) is 11.6 Å². The Kier molecular flexibility index (Phi) is 3.86. The predicted molar refractivity (Wildman–Crippen MR) is 69.2 cm³/mol. The van der Waals surface area contributed by atoms with Gasteiger partial charge in [-0.15, -0.1) is 11.3 Å². The normalized spacial score (nSPS) is 10.2. The van der Waals surface area contributed by atoms with E-state index in [2.05, 4.69) is 15.3 Å². The number of aromatic nitrogens is 2. The maximum Gasteiger partial charge on any atom is 0.354 e. The maximum absolute atomic E-state index is 11.8. The van der Waals surface area contributed by atoms with Gasteiger partial charge < -0.3 is 10.4 Å². The molecular weight excluding hydrogens is 266 g/mol. The number of amides is 1. The van der Waals surface area contributed by atoms with Crippen molar-refractivity contribution in [2.45, 2.75) is 13.5 Å². The third kappa shape index (κ3) is 3.35. The predicted octanol–water partition coefficient (Wildman–Crippen LogP) is 1.47. The topological polar surface area (TPSA) is 92.2 Å². The molecule has 6 nitrogen and oxygen atoms in total. The number of nitrogens with one attached hydrogen (secondary N) is 1. The van der Waals surface area contributed by atoms with Gasteiger partial charge in [0.15, 0.2) is 0 Å². The Bertz CT molecular complexity index is 607. The minimum Gasteiger partial charge on any atom is -0.477 e. The number of hydrogen-bond acceptors (Lipinski definition) is 5. The minimum absolute atomic E-state index is 0.0883. The molecule has 0 aliphatic heterocycles. The van der Waals surface area contributed by atoms with Crippen LogP contribution in [-0.2, 0) is 6.54 Å². The fourth-order valence-electron chi connectivity index (χ4n) is 1.41. The second kappa shape index (κ2) is 5.57. The van der Waals surface area contributed by atoms with Crippen LogP contribution < -0.4 is 5.32 Å². The second-order valence-electron chi connectivity index (χ2n) is 3.77. The van der Waals surface area contributed by atoms with Gasteiger partial charge in [-0.1, -0.05) is 0 Å². The largest absolute Gasteiger partial charge is 0.477 e. The smallest absolute Gasteiger partial charge is 0.354 e. The summed E-state index contributed by atoms with van der Waals surface area (Å²) in [5, 5.41) is 12.4. The van der Waals surface area contributed by atoms with Gasteiger partial charge in [0.25, 0.3) is 5.91 Å². The van der Waals surface area contributed by atoms with E-state index in [0.717, 1.165) is 9.88 Å². The summed E-state index contributed by atoms with van der Waals surface area (Å²) in [6.07, 6.45) is 2.96. The standard InChI is InChI=1S/C12H11N3O3S/c1-7-13-5-9(19-7)6-15-11(16)8-2-3-10(12(17)18)14-4-8/h2-5H,6H2,1H3,(H,15,16)(H,17,18). The summed E-state index contributed by atoms with van der Waals surface area (Å²) >= 11 is 1.51. The molecule has 2 N–H and O–H groups in total. The third-order valence-electron chi connectivity index (χ3n) is 2.34. The van der Waals surface area contributed by atoms with Gasteiger partial charge in [0.1, 0.15) is 5.69 Å². The van der Waals surface area contributed by atoms with Gasteiger partial charge in [0.2, 0.25) is 0 Å². The van der Waals surface area contributed by atoms with Gasteiger partial charge in [0, 0.05) is 17.3 Å². The lowest BCUT2D eigenvalue weighted by atomic mass is 10.2. The van der Waals surface area contributed by atoms with Crippen LogP contribution in [0.1, 0.15) is 30.7 Å². The van der Waals surface area contributed by atoms with Crippen LogP contribution in [0.2, 0.25) is 0 Å². The highest BCUT2D eigenvalue weighted by atomic mass is 32.1. The first kappa shape index (κ1) is 13.2. The molecule has 0 atom stereocenters. The zero-order valence-corrected chi connectivity index (χ0v) is 10.9. The molecule has 19 heavy (non-hydrogen) atoms. The van der Waals surface area contributed by atoms with Crippen molar-refractivity contribution >= 4 is 23.2 Å². The van der Waals surface area contributed by atoms with Gasteiger partial charge in [-0.05, 0) is 19.1 Å². The number of hydrogen-bond donors (Lipinski definition) is 2. The fourth-order valence-corrected chi connectivity index (χ4v) is 2.15. The summed E-state index contributed by atoms with van der Waals surface area (Å²) in [6.45, 7) is 2.29. The first-order valence-corrected chi connectivity index (χ1v) is 6.27. The zero-order valence-electron chi connectivity index (χ0n) is 10.1. The third-order valence-corrected chi connectivity index (χ3v) is 3.25. The van der Waals surface area contributed by atoms with Crippen molar-refractivity contribution in [1.29, 1.82) is 0 Å². The number of carboxylic acids is 1. The fraction of sp³-hybridized carbons (Fsp3) is 0.167. The zero-order chi connectivity index (χ0) is 13.8. The number of aromatic carboxylic acids is 1. The van der Waals surface area contributed by atoms with E-state index in [1.165, 1.54) is 29.7 Å². The SMILES string of the molecule is Cc1ncc(CNC(=O)c2ccc(C(=O)O)nc2)s1. The molecule has 0 aliphatic carbocycles. The van der Waals surface area contributed by atoms with E-state index >= 15 is 0 Å². The van der Waals surface area contributed by atoms with Crippen molar-refractivity contribution in [1.82, 2.24) is 15.3 Å². The van der Waals surface area contributed by atoms with E-state index in [0.29, 0.717) is 12.1 Å². The molecule has 0 fully saturated rings. The van der Waals surface area contributed by atoms with E-state index in [9.17, 15) is 9.59 Å². The summed E-state index contributed by atoms with van der Waals surface area (Å²) < 4.78 is 0. The van der Waals surface area contributed by atoms with Crippen molar-refractivity contribution in [3.8, 4) is 0 Å². The number of nitrogens with zero attached hydrogens (tertiary/aromatic N) is 2. The maximum atomic E-state index is 11.8. The molecule has 2 rings (SSSR count). The average Bonchev–Trinajstić information content (AvgIpc) is 2.82. The van der Waals surface area contributed by atoms with Gasteiger partial charge in [-0.25, -0.2) is 14.8 Å². The molecule has 0 bridgehead atoms. The van der Waals surface area contributed by atoms with E-state index in [4.69, 9.17) is 5.11 Å². The lowest BCUT2D eigenvalue weighted by molar-refractivity contribution is 0.0689. The van der Waals surface area contributed by atoms with E-state index in [1.54, 1.807) is 6.20 Å². The van der Waals surface area contributed by atoms with Gasteiger partial charge in [-0.2, -0.15) is 0 Å². The lowest BCUT2D eigenvalue weighted by Gasteiger charge is -2.03. The molecule has 0 aliphatic rings. The Morgan fingerprint density at radius 1 is 1.32 bits per heavy atom. The van der Waals surface area contributed by atoms with Crippen LogP contribution in [-0.4, -0.2) is 27.0 Å². The van der Waals surface area contributed by atoms with Crippen molar-refractivity contribution in [2.24, 2.45) is 0 Å². The molecule has 2 heterocycles. The van der Waals surface area contributed by atoms with E-state index in [1.807, 2.05) is 6.92 Å². The Morgan fingerprint density at radius 3 is 2.63 bits per heavy atom. The lowest BCUT2D eigenvalue weighted by Crippen LogP contribution is -2.22. The molecule has 0 saturated carbocycles. The quantitative estimate of drug-likeness (QED) is 0.883. The molecule has 0 unspecified atom stereocenters. The highest BCUT2D eigenvalue weighted by molar-refractivity contribution is 7.11. The molecular formula is C12H11N3O3S. The second-order valence-corrected chi connectivity index (χ2v) is 5.08. The monoisotopic (exact) mass is 277 g/mol. The highest BCUT2D eigenvalue weighted by Crippen LogP contribution is 2.11. The summed E-state index contributed by atoms with van der Waals surface area (Å²) in [5.41, 5.74) is 0.237. The Morgan fingerprint density at radius 2 is 2.11 bits per heavy atom. The van der Waals surface area contributed by atoms with Crippen LogP contribution in [0.5, 0.6) is 0 Å². The molecule has 2 aromatic rings. The molecule has 0 spiro atoms. The van der Waals surface area contributed by atoms with Crippen molar-refractivity contribution in [3.63, 3.8) is 0 Å². The molecule has 1 amide bonds. The molecule has 0 saturated heterocycles. The first-order valence-electron chi connectivity index (χ1n) is 5.45. The Balaban J connectivity index is 1.98. The number of carboxylic acid groups (broad SMARTS) is 1. The highest BCUT2D eigenvalue weighted by Gasteiger charge is 2.09. The summed E-state index contributed by atoms with van der Waals surface area (Å²) in [5.74, 6) is -1.41. The first-order chi connectivity index (χ1) is 9.06. The number of aryl methyl sites for hydroxylation is 1. The average molecular weight is 277 g/mol. The summed E-state index contributed by atoms with van der Waals surface area (Å²) in [7, 11) is 0. The van der Waals surface area contributed by atoms with Crippen LogP contribution in [0.3, 0.4) is 0 Å². The van der Waals surface area contributed by atoms with Crippen molar-refractivity contribution in [2.75, 3.05) is 0 Å². The van der Waals surface area contributed by atoms with Gasteiger partial charge in [-0.3, -0.25) is 4.79 Å². The molecule has 0 aromatic carbocycles. The van der Waals surface area contributed by atoms with Gasteiger partial charge in [0.05, 0.1) is 17.1 Å². The summed E-state index contributed by atoms with van der Waals surface area (Å²) in [6, 6.07) is 2.73. The summed E-state index contributed by atoms with van der Waals surface area (Å²) in [4.78, 5) is 31.2. The van der Waals surface area contributed by atoms with Crippen molar-refractivity contribution < 1.29 is 14.7 Å². The van der Waals surface area contributed by atoms with E-state index < -0.39 is 5.97 Å². The number of carbonyl (C=O) groups excluding carboxylic acids is 1. The van der Waals surface area contributed by atoms with Crippen LogP contribution in [0.25, 0.3) is 0 Å². The Labute approximate surface area is 113 Å². The number of pyridine rings is 1. The van der Waals surface area contributed by atoms with Crippen LogP contribution in [0, 0.1) is 6.92 Å². The number of carbonyl (C=O) groups is 2. The van der Waals surface area contributed by atoms with Gasteiger partial charge >= 0.3 is 5.97 Å².